The van der Waals surface area contributed by atoms with Crippen LogP contribution >= 0.6 is 0 Å². The summed E-state index contributed by atoms with van der Waals surface area (Å²) in [6.45, 7) is 2.17. The average molecular weight is 225 g/mol. The Kier molecular flexibility index (Phi) is 3.54. The minimum absolute atomic E-state index is 0.425. The summed E-state index contributed by atoms with van der Waals surface area (Å²) in [6.07, 6.45) is 3.95. The molecule has 1 nitrogen and oxygen atoms in total. The van der Waals surface area contributed by atoms with E-state index in [1.807, 2.05) is 0 Å². The molecule has 1 aromatic carbocycles. The zero-order valence-electron chi connectivity index (χ0n) is 9.47. The van der Waals surface area contributed by atoms with Crippen molar-refractivity contribution < 1.29 is 8.78 Å². The average Bonchev–Trinajstić information content (AvgIpc) is 2.63. The molecule has 0 spiro atoms. The summed E-state index contributed by atoms with van der Waals surface area (Å²) in [5, 5.41) is 3.46. The van der Waals surface area contributed by atoms with Crippen LogP contribution in [0.4, 0.5) is 8.78 Å². The predicted molar refractivity (Wildman–Crippen MR) is 60.3 cm³/mol. The van der Waals surface area contributed by atoms with E-state index in [1.54, 1.807) is 6.07 Å². The second kappa shape index (κ2) is 4.91. The van der Waals surface area contributed by atoms with Crippen LogP contribution in [0, 0.1) is 11.6 Å². The van der Waals surface area contributed by atoms with Gasteiger partial charge in [0.25, 0.3) is 0 Å². The number of hydrogen-bond donors (Lipinski definition) is 1. The van der Waals surface area contributed by atoms with Crippen LogP contribution in [0.3, 0.4) is 0 Å². The molecule has 1 aromatic rings. The number of benzene rings is 1. The van der Waals surface area contributed by atoms with Crippen molar-refractivity contribution in [2.24, 2.45) is 0 Å². The molecule has 0 radical (unpaired) electrons. The van der Waals surface area contributed by atoms with Gasteiger partial charge < -0.3 is 5.32 Å². The van der Waals surface area contributed by atoms with E-state index < -0.39 is 11.6 Å². The van der Waals surface area contributed by atoms with Gasteiger partial charge in [-0.1, -0.05) is 6.07 Å². The van der Waals surface area contributed by atoms with Crippen LogP contribution in [0.15, 0.2) is 18.2 Å². The van der Waals surface area contributed by atoms with Crippen LogP contribution in [0.25, 0.3) is 0 Å². The van der Waals surface area contributed by atoms with Crippen molar-refractivity contribution in [1.29, 1.82) is 0 Å². The third-order valence-corrected chi connectivity index (χ3v) is 3.25. The normalized spacial score (nSPS) is 24.9. The monoisotopic (exact) mass is 225 g/mol. The minimum atomic E-state index is -0.506. The number of aryl methyl sites for hydroxylation is 1. The molecule has 1 heterocycles. The van der Waals surface area contributed by atoms with Gasteiger partial charge in [0.15, 0.2) is 0 Å². The Hall–Kier alpha value is -0.960. The molecule has 0 aliphatic carbocycles. The van der Waals surface area contributed by atoms with Gasteiger partial charge in [-0.25, -0.2) is 8.78 Å². The summed E-state index contributed by atoms with van der Waals surface area (Å²) in [4.78, 5) is 0. The summed E-state index contributed by atoms with van der Waals surface area (Å²) < 4.78 is 26.0. The Labute approximate surface area is 94.9 Å². The lowest BCUT2D eigenvalue weighted by Gasteiger charge is -2.11. The van der Waals surface area contributed by atoms with Crippen molar-refractivity contribution in [2.45, 2.75) is 44.7 Å². The van der Waals surface area contributed by atoms with Gasteiger partial charge in [0, 0.05) is 18.2 Å². The Balaban J connectivity index is 1.89. The summed E-state index contributed by atoms with van der Waals surface area (Å²) >= 11 is 0. The highest BCUT2D eigenvalue weighted by molar-refractivity contribution is 5.18. The van der Waals surface area contributed by atoms with Gasteiger partial charge in [-0.05, 0) is 44.2 Å². The molecule has 0 saturated carbocycles. The highest BCUT2D eigenvalue weighted by atomic mass is 19.1. The van der Waals surface area contributed by atoms with Crippen LogP contribution in [0.2, 0.25) is 0 Å². The van der Waals surface area contributed by atoms with Crippen molar-refractivity contribution in [2.75, 3.05) is 0 Å². The van der Waals surface area contributed by atoms with Gasteiger partial charge in [0.05, 0.1) is 0 Å². The van der Waals surface area contributed by atoms with E-state index in [1.165, 1.54) is 12.5 Å². The molecular formula is C13H17F2N. The molecule has 16 heavy (non-hydrogen) atoms. The first kappa shape index (κ1) is 11.5. The topological polar surface area (TPSA) is 12.0 Å². The van der Waals surface area contributed by atoms with E-state index in [0.29, 0.717) is 24.1 Å². The Bertz CT molecular complexity index is 365. The maximum absolute atomic E-state index is 13.3. The molecule has 2 rings (SSSR count). The molecule has 0 bridgehead atoms. The van der Waals surface area contributed by atoms with Crippen molar-refractivity contribution in [3.8, 4) is 0 Å². The van der Waals surface area contributed by atoms with Gasteiger partial charge >= 0.3 is 0 Å². The number of halogens is 2. The van der Waals surface area contributed by atoms with E-state index in [0.717, 1.165) is 18.9 Å². The second-order valence-corrected chi connectivity index (χ2v) is 4.62. The van der Waals surface area contributed by atoms with Crippen molar-refractivity contribution in [3.63, 3.8) is 0 Å². The van der Waals surface area contributed by atoms with Crippen LogP contribution < -0.4 is 5.32 Å². The molecule has 1 aliphatic heterocycles. The lowest BCUT2D eigenvalue weighted by atomic mass is 10.0. The molecule has 1 saturated heterocycles. The van der Waals surface area contributed by atoms with Crippen molar-refractivity contribution in [1.82, 2.24) is 5.32 Å². The van der Waals surface area contributed by atoms with E-state index in [4.69, 9.17) is 0 Å². The van der Waals surface area contributed by atoms with E-state index >= 15 is 0 Å². The quantitative estimate of drug-likeness (QED) is 0.833. The fraction of sp³-hybridized carbons (Fsp3) is 0.538. The second-order valence-electron chi connectivity index (χ2n) is 4.62. The maximum Gasteiger partial charge on any atom is 0.129 e. The number of hydrogen-bond acceptors (Lipinski definition) is 1. The van der Waals surface area contributed by atoms with Crippen molar-refractivity contribution >= 4 is 0 Å². The van der Waals surface area contributed by atoms with Gasteiger partial charge in [-0.2, -0.15) is 0 Å². The zero-order chi connectivity index (χ0) is 11.5. The highest BCUT2D eigenvalue weighted by Crippen LogP contribution is 2.18. The first-order chi connectivity index (χ1) is 7.65. The first-order valence-electron chi connectivity index (χ1n) is 5.85. The molecular weight excluding hydrogens is 208 g/mol. The van der Waals surface area contributed by atoms with Gasteiger partial charge in [-0.3, -0.25) is 0 Å². The Morgan fingerprint density at radius 2 is 2.12 bits per heavy atom. The molecule has 0 aromatic heterocycles. The fourth-order valence-electron chi connectivity index (χ4n) is 2.30. The van der Waals surface area contributed by atoms with Gasteiger partial charge in [0.2, 0.25) is 0 Å². The van der Waals surface area contributed by atoms with Crippen LogP contribution in [-0.4, -0.2) is 12.1 Å². The summed E-state index contributed by atoms with van der Waals surface area (Å²) in [5.41, 5.74) is 0.614. The molecule has 1 fully saturated rings. The minimum Gasteiger partial charge on any atom is -0.311 e. The smallest absolute Gasteiger partial charge is 0.129 e. The third-order valence-electron chi connectivity index (χ3n) is 3.25. The standard InChI is InChI=1S/C13H17F2N/c1-9-2-6-12(16-9)7-4-10-3-5-11(14)8-13(10)15/h3,5,8-9,12,16H,2,4,6-7H2,1H3/t9-,12-/m1/s1. The van der Waals surface area contributed by atoms with E-state index in [9.17, 15) is 8.78 Å². The largest absolute Gasteiger partial charge is 0.311 e. The first-order valence-corrected chi connectivity index (χ1v) is 5.85. The third kappa shape index (κ3) is 2.79. The SMILES string of the molecule is C[C@@H]1CC[C@H](CCc2ccc(F)cc2F)N1. The maximum atomic E-state index is 13.3. The fourth-order valence-corrected chi connectivity index (χ4v) is 2.30. The van der Waals surface area contributed by atoms with Crippen LogP contribution in [0.5, 0.6) is 0 Å². The molecule has 0 unspecified atom stereocenters. The van der Waals surface area contributed by atoms with Crippen molar-refractivity contribution in [3.05, 3.63) is 35.4 Å². The summed E-state index contributed by atoms with van der Waals surface area (Å²) in [7, 11) is 0. The van der Waals surface area contributed by atoms with E-state index in [2.05, 4.69) is 12.2 Å². The molecule has 1 aliphatic rings. The zero-order valence-corrected chi connectivity index (χ0v) is 9.47. The highest BCUT2D eigenvalue weighted by Gasteiger charge is 2.19. The molecule has 88 valence electrons. The number of nitrogens with one attached hydrogen (secondary N) is 1. The van der Waals surface area contributed by atoms with Gasteiger partial charge in [-0.15, -0.1) is 0 Å². The summed E-state index contributed by atoms with van der Waals surface area (Å²) in [6, 6.07) is 4.88. The predicted octanol–water partition coefficient (Wildman–Crippen LogP) is 3.04. The molecule has 1 N–H and O–H groups in total. The number of rotatable bonds is 3. The van der Waals surface area contributed by atoms with Crippen LogP contribution in [-0.2, 0) is 6.42 Å². The molecule has 3 heteroatoms. The summed E-state index contributed by atoms with van der Waals surface area (Å²) in [5.74, 6) is -0.931. The molecule has 0 amide bonds. The van der Waals surface area contributed by atoms with E-state index in [-0.39, 0.29) is 0 Å². The Morgan fingerprint density at radius 1 is 1.31 bits per heavy atom. The lowest BCUT2D eigenvalue weighted by molar-refractivity contribution is 0.515. The van der Waals surface area contributed by atoms with Crippen LogP contribution in [0.1, 0.15) is 31.7 Å². The van der Waals surface area contributed by atoms with Gasteiger partial charge in [0.1, 0.15) is 11.6 Å². The molecule has 2 atom stereocenters. The lowest BCUT2D eigenvalue weighted by Crippen LogP contribution is -2.27. The Morgan fingerprint density at radius 3 is 2.75 bits per heavy atom.